The summed E-state index contributed by atoms with van der Waals surface area (Å²) in [6.45, 7) is 0. The van der Waals surface area contributed by atoms with E-state index in [9.17, 15) is 13.2 Å². The van der Waals surface area contributed by atoms with Crippen molar-refractivity contribution in [3.8, 4) is 5.75 Å². The van der Waals surface area contributed by atoms with Crippen LogP contribution in [0, 0.1) is 5.82 Å². The highest BCUT2D eigenvalue weighted by atomic mass is 35.5. The first-order valence-electron chi connectivity index (χ1n) is 3.93. The number of benzene rings is 1. The summed E-state index contributed by atoms with van der Waals surface area (Å²) in [7, 11) is 1.30. The summed E-state index contributed by atoms with van der Waals surface area (Å²) in [6.07, 6.45) is -2.71. The third-order valence-electron chi connectivity index (χ3n) is 1.83. The standard InChI is InChI=1S/C9H10F3NO.ClH/c1-14-7-3-2-5(4-6(7)10)8(13)9(11)12;/h2-4,8-9H,13H2,1H3;1H. The Morgan fingerprint density at radius 1 is 1.33 bits per heavy atom. The van der Waals surface area contributed by atoms with Crippen LogP contribution in [0.15, 0.2) is 18.2 Å². The van der Waals surface area contributed by atoms with Crippen molar-refractivity contribution in [2.45, 2.75) is 12.5 Å². The molecule has 0 amide bonds. The number of methoxy groups -OCH3 is 1. The van der Waals surface area contributed by atoms with Gasteiger partial charge in [0, 0.05) is 0 Å². The van der Waals surface area contributed by atoms with Crippen molar-refractivity contribution in [3.63, 3.8) is 0 Å². The Kier molecular flexibility index (Phi) is 5.46. The maximum absolute atomic E-state index is 13.0. The van der Waals surface area contributed by atoms with Gasteiger partial charge in [0.25, 0.3) is 6.43 Å². The summed E-state index contributed by atoms with van der Waals surface area (Å²) in [6, 6.07) is 2.08. The molecule has 1 aromatic rings. The highest BCUT2D eigenvalue weighted by molar-refractivity contribution is 5.85. The first-order valence-corrected chi connectivity index (χ1v) is 3.93. The van der Waals surface area contributed by atoms with Gasteiger partial charge in [-0.25, -0.2) is 13.2 Å². The van der Waals surface area contributed by atoms with Crippen molar-refractivity contribution in [2.75, 3.05) is 7.11 Å². The predicted molar refractivity (Wildman–Crippen MR) is 53.1 cm³/mol. The fraction of sp³-hybridized carbons (Fsp3) is 0.333. The largest absolute Gasteiger partial charge is 0.494 e. The lowest BCUT2D eigenvalue weighted by Crippen LogP contribution is -2.19. The van der Waals surface area contributed by atoms with Crippen molar-refractivity contribution in [3.05, 3.63) is 29.6 Å². The average Bonchev–Trinajstić information content (AvgIpc) is 2.16. The molecule has 1 unspecified atom stereocenters. The Labute approximate surface area is 91.6 Å². The van der Waals surface area contributed by atoms with Gasteiger partial charge in [0.2, 0.25) is 0 Å². The maximum atomic E-state index is 13.0. The first-order chi connectivity index (χ1) is 6.56. The number of hydrogen-bond donors (Lipinski definition) is 1. The van der Waals surface area contributed by atoms with Crippen LogP contribution in [0.5, 0.6) is 5.75 Å². The molecule has 86 valence electrons. The Balaban J connectivity index is 0.00000196. The van der Waals surface area contributed by atoms with E-state index in [1.54, 1.807) is 0 Å². The number of halogens is 4. The zero-order valence-electron chi connectivity index (χ0n) is 7.91. The Bertz CT molecular complexity index is 322. The van der Waals surface area contributed by atoms with E-state index in [2.05, 4.69) is 4.74 Å². The lowest BCUT2D eigenvalue weighted by Gasteiger charge is -2.11. The highest BCUT2D eigenvalue weighted by Crippen LogP contribution is 2.23. The maximum Gasteiger partial charge on any atom is 0.257 e. The van der Waals surface area contributed by atoms with Gasteiger partial charge in [0.15, 0.2) is 11.6 Å². The van der Waals surface area contributed by atoms with Crippen LogP contribution in [-0.2, 0) is 0 Å². The quantitative estimate of drug-likeness (QED) is 0.883. The minimum atomic E-state index is -2.71. The van der Waals surface area contributed by atoms with Gasteiger partial charge >= 0.3 is 0 Å². The molecule has 0 aliphatic rings. The van der Waals surface area contributed by atoms with E-state index in [0.717, 1.165) is 6.07 Å². The van der Waals surface area contributed by atoms with Crippen molar-refractivity contribution < 1.29 is 17.9 Å². The molecule has 0 spiro atoms. The van der Waals surface area contributed by atoms with Gasteiger partial charge in [-0.05, 0) is 17.7 Å². The number of nitrogens with two attached hydrogens (primary N) is 1. The molecule has 0 saturated carbocycles. The highest BCUT2D eigenvalue weighted by Gasteiger charge is 2.18. The molecule has 0 aliphatic carbocycles. The predicted octanol–water partition coefficient (Wildman–Crippen LogP) is 2.52. The van der Waals surface area contributed by atoms with Crippen LogP contribution < -0.4 is 10.5 Å². The van der Waals surface area contributed by atoms with Gasteiger partial charge in [-0.2, -0.15) is 0 Å². The lowest BCUT2D eigenvalue weighted by atomic mass is 10.1. The Morgan fingerprint density at radius 2 is 1.93 bits per heavy atom. The van der Waals surface area contributed by atoms with Crippen molar-refractivity contribution in [1.29, 1.82) is 0 Å². The number of ether oxygens (including phenoxy) is 1. The summed E-state index contributed by atoms with van der Waals surface area (Å²) in [5.74, 6) is -0.684. The summed E-state index contributed by atoms with van der Waals surface area (Å²) in [5.41, 5.74) is 5.19. The van der Waals surface area contributed by atoms with Gasteiger partial charge in [-0.3, -0.25) is 0 Å². The Morgan fingerprint density at radius 3 is 2.33 bits per heavy atom. The van der Waals surface area contributed by atoms with Gasteiger partial charge in [-0.15, -0.1) is 12.4 Å². The van der Waals surface area contributed by atoms with E-state index in [4.69, 9.17) is 5.73 Å². The van der Waals surface area contributed by atoms with Crippen molar-refractivity contribution >= 4 is 12.4 Å². The monoisotopic (exact) mass is 241 g/mol. The zero-order valence-corrected chi connectivity index (χ0v) is 8.73. The molecule has 0 saturated heterocycles. The summed E-state index contributed by atoms with van der Waals surface area (Å²) >= 11 is 0. The molecule has 6 heteroatoms. The molecular formula is C9H11ClF3NO. The molecule has 0 bridgehead atoms. The van der Waals surface area contributed by atoms with Crippen LogP contribution in [0.25, 0.3) is 0 Å². The third kappa shape index (κ3) is 3.28. The van der Waals surface area contributed by atoms with Gasteiger partial charge in [0.1, 0.15) is 0 Å². The van der Waals surface area contributed by atoms with Crippen LogP contribution in [0.1, 0.15) is 11.6 Å². The average molecular weight is 242 g/mol. The third-order valence-corrected chi connectivity index (χ3v) is 1.83. The normalized spacial score (nSPS) is 12.1. The van der Waals surface area contributed by atoms with Crippen LogP contribution >= 0.6 is 12.4 Å². The summed E-state index contributed by atoms with van der Waals surface area (Å²) < 4.78 is 42.0. The first kappa shape index (κ1) is 14.1. The van der Waals surface area contributed by atoms with Crippen LogP contribution in [0.2, 0.25) is 0 Å². The molecule has 2 N–H and O–H groups in total. The summed E-state index contributed by atoms with van der Waals surface area (Å²) in [5, 5.41) is 0. The van der Waals surface area contributed by atoms with Crippen molar-refractivity contribution in [2.24, 2.45) is 5.73 Å². The fourth-order valence-electron chi connectivity index (χ4n) is 1.04. The number of alkyl halides is 2. The molecule has 15 heavy (non-hydrogen) atoms. The van der Waals surface area contributed by atoms with Gasteiger partial charge in [0.05, 0.1) is 13.2 Å². The second kappa shape index (κ2) is 5.82. The van der Waals surface area contributed by atoms with Crippen molar-refractivity contribution in [1.82, 2.24) is 0 Å². The van der Waals surface area contributed by atoms with Gasteiger partial charge in [-0.1, -0.05) is 6.07 Å². The van der Waals surface area contributed by atoms with Crippen LogP contribution in [-0.4, -0.2) is 13.5 Å². The molecule has 1 atom stereocenters. The number of rotatable bonds is 3. The molecule has 0 heterocycles. The second-order valence-corrected chi connectivity index (χ2v) is 2.75. The SMILES string of the molecule is COc1ccc(C(N)C(F)F)cc1F.Cl. The topological polar surface area (TPSA) is 35.2 Å². The lowest BCUT2D eigenvalue weighted by molar-refractivity contribution is 0.116. The minimum Gasteiger partial charge on any atom is -0.494 e. The molecular weight excluding hydrogens is 231 g/mol. The zero-order chi connectivity index (χ0) is 10.7. The minimum absolute atomic E-state index is 0. The van der Waals surface area contributed by atoms with Crippen LogP contribution in [0.3, 0.4) is 0 Å². The van der Waals surface area contributed by atoms with E-state index in [1.807, 2.05) is 0 Å². The fourth-order valence-corrected chi connectivity index (χ4v) is 1.04. The molecule has 0 aliphatic heterocycles. The van der Waals surface area contributed by atoms with E-state index in [1.165, 1.54) is 19.2 Å². The molecule has 0 radical (unpaired) electrons. The number of hydrogen-bond acceptors (Lipinski definition) is 2. The van der Waals surface area contributed by atoms with Crippen LogP contribution in [0.4, 0.5) is 13.2 Å². The smallest absolute Gasteiger partial charge is 0.257 e. The summed E-state index contributed by atoms with van der Waals surface area (Å²) in [4.78, 5) is 0. The van der Waals surface area contributed by atoms with E-state index >= 15 is 0 Å². The van der Waals surface area contributed by atoms with E-state index in [-0.39, 0.29) is 23.7 Å². The molecule has 2 nitrogen and oxygen atoms in total. The molecule has 0 aromatic heterocycles. The second-order valence-electron chi connectivity index (χ2n) is 2.75. The molecule has 0 fully saturated rings. The molecule has 1 aromatic carbocycles. The van der Waals surface area contributed by atoms with E-state index in [0.29, 0.717) is 0 Å². The Hall–Kier alpha value is -0.940. The van der Waals surface area contributed by atoms with Gasteiger partial charge < -0.3 is 10.5 Å². The molecule has 1 rings (SSSR count). The van der Waals surface area contributed by atoms with E-state index < -0.39 is 18.3 Å².